The van der Waals surface area contributed by atoms with Crippen molar-refractivity contribution < 1.29 is 8.42 Å². The van der Waals surface area contributed by atoms with Crippen molar-refractivity contribution in [2.24, 2.45) is 11.3 Å². The van der Waals surface area contributed by atoms with E-state index in [-0.39, 0.29) is 5.41 Å². The number of anilines is 1. The highest BCUT2D eigenvalue weighted by molar-refractivity contribution is 7.89. The van der Waals surface area contributed by atoms with Crippen molar-refractivity contribution in [3.05, 3.63) is 24.3 Å². The number of sulfonamides is 1. The number of nitrogens with two attached hydrogens (primary N) is 1. The van der Waals surface area contributed by atoms with Gasteiger partial charge in [-0.3, -0.25) is 0 Å². The van der Waals surface area contributed by atoms with Gasteiger partial charge in [0.05, 0.1) is 4.90 Å². The van der Waals surface area contributed by atoms with Gasteiger partial charge in [-0.15, -0.1) is 0 Å². The van der Waals surface area contributed by atoms with Crippen LogP contribution in [0.2, 0.25) is 0 Å². The minimum atomic E-state index is -3.40. The molecule has 0 aromatic heterocycles. The fourth-order valence-electron chi connectivity index (χ4n) is 2.48. The third-order valence-electron chi connectivity index (χ3n) is 3.87. The maximum atomic E-state index is 12.5. The van der Waals surface area contributed by atoms with Crippen LogP contribution in [0.25, 0.3) is 0 Å². The minimum Gasteiger partial charge on any atom is -0.399 e. The Morgan fingerprint density at radius 1 is 1.32 bits per heavy atom. The highest BCUT2D eigenvalue weighted by Crippen LogP contribution is 2.35. The molecule has 2 N–H and O–H groups in total. The Morgan fingerprint density at radius 3 is 2.53 bits per heavy atom. The van der Waals surface area contributed by atoms with E-state index in [1.165, 1.54) is 6.07 Å². The van der Waals surface area contributed by atoms with Gasteiger partial charge in [-0.05, 0) is 36.0 Å². The molecule has 0 bridgehead atoms. The second kappa shape index (κ2) is 4.80. The largest absolute Gasteiger partial charge is 0.399 e. The fraction of sp³-hybridized carbons (Fsp3) is 0.571. The van der Waals surface area contributed by atoms with Crippen molar-refractivity contribution in [1.82, 2.24) is 4.31 Å². The SMILES string of the molecule is CC(C)(C)C1CCN(S(=O)(=O)c2cccc(N)c2)C1. The van der Waals surface area contributed by atoms with Gasteiger partial charge >= 0.3 is 0 Å². The van der Waals surface area contributed by atoms with E-state index in [9.17, 15) is 8.42 Å². The molecular weight excluding hydrogens is 260 g/mol. The van der Waals surface area contributed by atoms with Crippen LogP contribution in [0.1, 0.15) is 27.2 Å². The van der Waals surface area contributed by atoms with Crippen LogP contribution in [-0.2, 0) is 10.0 Å². The molecular formula is C14H22N2O2S. The highest BCUT2D eigenvalue weighted by Gasteiger charge is 2.37. The summed E-state index contributed by atoms with van der Waals surface area (Å²) in [4.78, 5) is 0.294. The lowest BCUT2D eigenvalue weighted by atomic mass is 9.80. The summed E-state index contributed by atoms with van der Waals surface area (Å²) in [6.07, 6.45) is 0.922. The molecule has 0 amide bonds. The van der Waals surface area contributed by atoms with Crippen molar-refractivity contribution in [2.75, 3.05) is 18.8 Å². The van der Waals surface area contributed by atoms with E-state index in [1.54, 1.807) is 22.5 Å². The fourth-order valence-corrected chi connectivity index (χ4v) is 4.03. The van der Waals surface area contributed by atoms with Crippen LogP contribution in [0.4, 0.5) is 5.69 Å². The first-order valence-electron chi connectivity index (χ1n) is 6.57. The molecule has 4 nitrogen and oxygen atoms in total. The second-order valence-corrected chi connectivity index (χ2v) is 8.23. The second-order valence-electron chi connectivity index (χ2n) is 6.29. The Kier molecular flexibility index (Phi) is 3.62. The highest BCUT2D eigenvalue weighted by atomic mass is 32.2. The van der Waals surface area contributed by atoms with Crippen molar-refractivity contribution in [1.29, 1.82) is 0 Å². The zero-order chi connectivity index (χ0) is 14.3. The summed E-state index contributed by atoms with van der Waals surface area (Å²) in [7, 11) is -3.40. The molecule has 0 aliphatic carbocycles. The first-order chi connectivity index (χ1) is 8.71. The Balaban J connectivity index is 2.23. The molecule has 1 aromatic rings. The Morgan fingerprint density at radius 2 is 2.00 bits per heavy atom. The lowest BCUT2D eigenvalue weighted by Crippen LogP contribution is -2.31. The van der Waals surface area contributed by atoms with Crippen LogP contribution in [0, 0.1) is 11.3 Å². The van der Waals surface area contributed by atoms with E-state index in [0.29, 0.717) is 29.6 Å². The normalized spacial score (nSPS) is 21.7. The molecule has 1 aliphatic heterocycles. The molecule has 5 heteroatoms. The standard InChI is InChI=1S/C14H22N2O2S/c1-14(2,3)11-7-8-16(10-11)19(17,18)13-6-4-5-12(15)9-13/h4-6,9,11H,7-8,10,15H2,1-3H3. The van der Waals surface area contributed by atoms with Crippen molar-refractivity contribution in [2.45, 2.75) is 32.1 Å². The molecule has 0 saturated carbocycles. The van der Waals surface area contributed by atoms with Gasteiger partial charge in [-0.1, -0.05) is 26.8 Å². The molecule has 1 unspecified atom stereocenters. The number of benzene rings is 1. The van der Waals surface area contributed by atoms with Gasteiger partial charge in [0, 0.05) is 18.8 Å². The topological polar surface area (TPSA) is 63.4 Å². The Labute approximate surface area is 115 Å². The van der Waals surface area contributed by atoms with Crippen molar-refractivity contribution in [3.8, 4) is 0 Å². The molecule has 2 rings (SSSR count). The Bertz CT molecular complexity index is 561. The average Bonchev–Trinajstić information content (AvgIpc) is 2.78. The summed E-state index contributed by atoms with van der Waals surface area (Å²) in [6, 6.07) is 6.51. The van der Waals surface area contributed by atoms with E-state index in [0.717, 1.165) is 6.42 Å². The van der Waals surface area contributed by atoms with Gasteiger partial charge in [0.25, 0.3) is 0 Å². The van der Waals surface area contributed by atoms with Gasteiger partial charge in [0.2, 0.25) is 10.0 Å². The maximum absolute atomic E-state index is 12.5. The Hall–Kier alpha value is -1.07. The van der Waals surface area contributed by atoms with Gasteiger partial charge in [0.1, 0.15) is 0 Å². The van der Waals surface area contributed by atoms with Crippen LogP contribution in [0.3, 0.4) is 0 Å². The van der Waals surface area contributed by atoms with Crippen LogP contribution >= 0.6 is 0 Å². The minimum absolute atomic E-state index is 0.139. The molecule has 1 aromatic carbocycles. The first kappa shape index (κ1) is 14.3. The lowest BCUT2D eigenvalue weighted by molar-refractivity contribution is 0.252. The molecule has 1 aliphatic rings. The van der Waals surface area contributed by atoms with E-state index in [1.807, 2.05) is 0 Å². The number of hydrogen-bond donors (Lipinski definition) is 1. The lowest BCUT2D eigenvalue weighted by Gasteiger charge is -2.26. The smallest absolute Gasteiger partial charge is 0.243 e. The third-order valence-corrected chi connectivity index (χ3v) is 5.73. The van der Waals surface area contributed by atoms with Crippen LogP contribution in [-0.4, -0.2) is 25.8 Å². The number of hydrogen-bond acceptors (Lipinski definition) is 3. The van der Waals surface area contributed by atoms with Crippen molar-refractivity contribution in [3.63, 3.8) is 0 Å². The molecule has 106 valence electrons. The van der Waals surface area contributed by atoms with Gasteiger partial charge in [-0.2, -0.15) is 4.31 Å². The quantitative estimate of drug-likeness (QED) is 0.847. The number of nitrogen functional groups attached to an aromatic ring is 1. The van der Waals surface area contributed by atoms with Crippen LogP contribution in [0.15, 0.2) is 29.2 Å². The summed E-state index contributed by atoms with van der Waals surface area (Å²) >= 11 is 0. The number of rotatable bonds is 2. The summed E-state index contributed by atoms with van der Waals surface area (Å²) in [5.41, 5.74) is 6.29. The summed E-state index contributed by atoms with van der Waals surface area (Å²) < 4.78 is 26.6. The van der Waals surface area contributed by atoms with Gasteiger partial charge < -0.3 is 5.73 Å². The van der Waals surface area contributed by atoms with Crippen LogP contribution in [0.5, 0.6) is 0 Å². The molecule has 19 heavy (non-hydrogen) atoms. The number of nitrogens with zero attached hydrogens (tertiary/aromatic N) is 1. The monoisotopic (exact) mass is 282 g/mol. The third kappa shape index (κ3) is 2.92. The van der Waals surface area contributed by atoms with E-state index >= 15 is 0 Å². The summed E-state index contributed by atoms with van der Waals surface area (Å²) in [5, 5.41) is 0. The van der Waals surface area contributed by atoms with Gasteiger partial charge in [0.15, 0.2) is 0 Å². The molecule has 1 heterocycles. The summed E-state index contributed by atoms with van der Waals surface area (Å²) in [5.74, 6) is 0.406. The average molecular weight is 282 g/mol. The maximum Gasteiger partial charge on any atom is 0.243 e. The van der Waals surface area contributed by atoms with Crippen molar-refractivity contribution >= 4 is 15.7 Å². The molecule has 1 fully saturated rings. The zero-order valence-corrected chi connectivity index (χ0v) is 12.6. The molecule has 0 radical (unpaired) electrons. The summed E-state index contributed by atoms with van der Waals surface area (Å²) in [6.45, 7) is 7.68. The first-order valence-corrected chi connectivity index (χ1v) is 8.01. The predicted octanol–water partition coefficient (Wildman–Crippen LogP) is 2.33. The predicted molar refractivity (Wildman–Crippen MR) is 77.2 cm³/mol. The van der Waals surface area contributed by atoms with E-state index in [4.69, 9.17) is 5.73 Å². The molecule has 1 saturated heterocycles. The van der Waals surface area contributed by atoms with E-state index in [2.05, 4.69) is 20.8 Å². The van der Waals surface area contributed by atoms with Gasteiger partial charge in [-0.25, -0.2) is 8.42 Å². The molecule has 0 spiro atoms. The zero-order valence-electron chi connectivity index (χ0n) is 11.8. The van der Waals surface area contributed by atoms with Crippen LogP contribution < -0.4 is 5.73 Å². The molecule has 1 atom stereocenters. The van der Waals surface area contributed by atoms with E-state index < -0.39 is 10.0 Å².